The Balaban J connectivity index is 2.67. The maximum absolute atomic E-state index is 11.3. The number of alkyl halides is 1. The van der Waals surface area contributed by atoms with Crippen LogP contribution in [0.2, 0.25) is 0 Å². The quantitative estimate of drug-likeness (QED) is 0.728. The van der Waals surface area contributed by atoms with E-state index < -0.39 is 0 Å². The van der Waals surface area contributed by atoms with Gasteiger partial charge < -0.3 is 5.11 Å². The van der Waals surface area contributed by atoms with Crippen LogP contribution in [0.15, 0.2) is 24.4 Å². The largest absolute Gasteiger partial charge is 0.508 e. The Hall–Kier alpha value is -1.55. The zero-order chi connectivity index (χ0) is 10.1. The second-order valence-corrected chi connectivity index (χ2v) is 3.09. The summed E-state index contributed by atoms with van der Waals surface area (Å²) in [6.45, 7) is 0. The van der Waals surface area contributed by atoms with E-state index in [1.165, 1.54) is 10.7 Å². The lowest BCUT2D eigenvalue weighted by atomic mass is 10.2. The normalized spacial score (nSPS) is 10.6. The van der Waals surface area contributed by atoms with Gasteiger partial charge in [0, 0.05) is 11.5 Å². The van der Waals surface area contributed by atoms with Crippen LogP contribution in [0.5, 0.6) is 5.75 Å². The van der Waals surface area contributed by atoms with Gasteiger partial charge in [-0.3, -0.25) is 4.79 Å². The van der Waals surface area contributed by atoms with E-state index in [0.717, 1.165) is 5.39 Å². The van der Waals surface area contributed by atoms with Crippen molar-refractivity contribution < 1.29 is 9.90 Å². The van der Waals surface area contributed by atoms with Crippen LogP contribution < -0.4 is 0 Å². The first-order valence-electron chi connectivity index (χ1n) is 3.98. The molecule has 72 valence electrons. The first kappa shape index (κ1) is 9.02. The molecule has 1 aromatic heterocycles. The van der Waals surface area contributed by atoms with Crippen LogP contribution >= 0.6 is 11.6 Å². The van der Waals surface area contributed by atoms with Gasteiger partial charge in [0.25, 0.3) is 5.91 Å². The highest BCUT2D eigenvalue weighted by atomic mass is 35.5. The number of aromatic hydroxyl groups is 1. The number of benzene rings is 1. The molecule has 1 heterocycles. The lowest BCUT2D eigenvalue weighted by Crippen LogP contribution is -2.12. The third-order valence-corrected chi connectivity index (χ3v) is 2.13. The van der Waals surface area contributed by atoms with E-state index in [-0.39, 0.29) is 17.5 Å². The van der Waals surface area contributed by atoms with E-state index in [2.05, 4.69) is 5.10 Å². The fourth-order valence-corrected chi connectivity index (χ4v) is 1.38. The molecule has 0 saturated heterocycles. The highest BCUT2D eigenvalue weighted by molar-refractivity contribution is 6.27. The Labute approximate surface area is 84.7 Å². The molecule has 0 saturated carbocycles. The molecule has 0 unspecified atom stereocenters. The van der Waals surface area contributed by atoms with Crippen molar-refractivity contribution in [1.82, 2.24) is 9.78 Å². The number of phenolic OH excluding ortho intramolecular Hbond substituents is 1. The number of carbonyl (C=O) groups is 1. The van der Waals surface area contributed by atoms with E-state index in [1.54, 1.807) is 18.3 Å². The zero-order valence-corrected chi connectivity index (χ0v) is 7.90. The maximum Gasteiger partial charge on any atom is 0.262 e. The van der Waals surface area contributed by atoms with Crippen molar-refractivity contribution in [3.63, 3.8) is 0 Å². The Kier molecular flexibility index (Phi) is 2.13. The number of phenols is 1. The summed E-state index contributed by atoms with van der Waals surface area (Å²) in [5.74, 6) is -0.346. The minimum absolute atomic E-state index is 0.0987. The van der Waals surface area contributed by atoms with E-state index in [4.69, 9.17) is 11.6 Å². The Morgan fingerprint density at radius 3 is 3.07 bits per heavy atom. The van der Waals surface area contributed by atoms with Crippen LogP contribution in [0.4, 0.5) is 0 Å². The van der Waals surface area contributed by atoms with Crippen LogP contribution in [0, 0.1) is 0 Å². The van der Waals surface area contributed by atoms with Crippen molar-refractivity contribution in [2.45, 2.75) is 0 Å². The average Bonchev–Trinajstić information content (AvgIpc) is 2.59. The second kappa shape index (κ2) is 3.31. The fourth-order valence-electron chi connectivity index (χ4n) is 1.26. The van der Waals surface area contributed by atoms with Crippen molar-refractivity contribution in [1.29, 1.82) is 0 Å². The fraction of sp³-hybridized carbons (Fsp3) is 0.111. The van der Waals surface area contributed by atoms with Crippen molar-refractivity contribution in [3.8, 4) is 5.75 Å². The van der Waals surface area contributed by atoms with E-state index in [0.29, 0.717) is 5.52 Å². The summed E-state index contributed by atoms with van der Waals surface area (Å²) in [6.07, 6.45) is 1.55. The van der Waals surface area contributed by atoms with Gasteiger partial charge >= 0.3 is 0 Å². The van der Waals surface area contributed by atoms with Gasteiger partial charge in [-0.25, -0.2) is 0 Å². The summed E-state index contributed by atoms with van der Waals surface area (Å²) in [5, 5.41) is 13.9. The van der Waals surface area contributed by atoms with Crippen LogP contribution in [0.1, 0.15) is 4.79 Å². The van der Waals surface area contributed by atoms with Crippen LogP contribution in [0.25, 0.3) is 10.9 Å². The van der Waals surface area contributed by atoms with Crippen LogP contribution in [-0.2, 0) is 0 Å². The lowest BCUT2D eigenvalue weighted by molar-refractivity contribution is 0.0930. The Bertz CT molecular complexity index is 493. The SMILES string of the molecule is O=C(CCl)n1ncc2ccc(O)cc21. The molecule has 4 nitrogen and oxygen atoms in total. The highest BCUT2D eigenvalue weighted by Crippen LogP contribution is 2.19. The summed E-state index contributed by atoms with van der Waals surface area (Å²) < 4.78 is 1.18. The van der Waals surface area contributed by atoms with Crippen LogP contribution in [-0.4, -0.2) is 26.7 Å². The molecule has 0 aliphatic rings. The first-order valence-corrected chi connectivity index (χ1v) is 4.52. The minimum atomic E-state index is -0.313. The summed E-state index contributed by atoms with van der Waals surface area (Å²) >= 11 is 5.41. The summed E-state index contributed by atoms with van der Waals surface area (Å²) in [4.78, 5) is 11.3. The van der Waals surface area contributed by atoms with Gasteiger partial charge in [-0.2, -0.15) is 9.78 Å². The topological polar surface area (TPSA) is 55.1 Å². The maximum atomic E-state index is 11.3. The third kappa shape index (κ3) is 1.33. The number of rotatable bonds is 1. The third-order valence-electron chi connectivity index (χ3n) is 1.91. The summed E-state index contributed by atoms with van der Waals surface area (Å²) in [7, 11) is 0. The standard InChI is InChI=1S/C9H7ClN2O2/c10-4-9(14)12-8-3-7(13)2-1-6(8)5-11-12/h1-3,5,13H,4H2. The monoisotopic (exact) mass is 210 g/mol. The smallest absolute Gasteiger partial charge is 0.262 e. The highest BCUT2D eigenvalue weighted by Gasteiger charge is 2.09. The predicted octanol–water partition coefficient (Wildman–Crippen LogP) is 1.62. The average molecular weight is 211 g/mol. The van der Waals surface area contributed by atoms with Gasteiger partial charge in [-0.15, -0.1) is 11.6 Å². The number of hydrogen-bond acceptors (Lipinski definition) is 3. The number of hydrogen-bond donors (Lipinski definition) is 1. The van der Waals surface area contributed by atoms with Crippen molar-refractivity contribution in [2.75, 3.05) is 5.88 Å². The van der Waals surface area contributed by atoms with Crippen molar-refractivity contribution in [3.05, 3.63) is 24.4 Å². The molecule has 0 bridgehead atoms. The number of fused-ring (bicyclic) bond motifs is 1. The number of nitrogens with zero attached hydrogens (tertiary/aromatic N) is 2. The Morgan fingerprint density at radius 1 is 1.57 bits per heavy atom. The van der Waals surface area contributed by atoms with Gasteiger partial charge in [0.05, 0.1) is 11.7 Å². The molecule has 0 aliphatic heterocycles. The lowest BCUT2D eigenvalue weighted by Gasteiger charge is -1.98. The molecule has 0 fully saturated rings. The van der Waals surface area contributed by atoms with E-state index in [1.807, 2.05) is 0 Å². The molecule has 0 spiro atoms. The van der Waals surface area contributed by atoms with Gasteiger partial charge in [0.1, 0.15) is 11.6 Å². The first-order chi connectivity index (χ1) is 6.72. The summed E-state index contributed by atoms with van der Waals surface area (Å²) in [6, 6.07) is 4.71. The molecule has 2 rings (SSSR count). The van der Waals surface area contributed by atoms with Crippen LogP contribution in [0.3, 0.4) is 0 Å². The van der Waals surface area contributed by atoms with Gasteiger partial charge in [-0.05, 0) is 12.1 Å². The molecule has 1 N–H and O–H groups in total. The molecule has 0 radical (unpaired) electrons. The number of halogens is 1. The second-order valence-electron chi connectivity index (χ2n) is 2.83. The van der Waals surface area contributed by atoms with Gasteiger partial charge in [-0.1, -0.05) is 0 Å². The molecular formula is C9H7ClN2O2. The molecular weight excluding hydrogens is 204 g/mol. The zero-order valence-electron chi connectivity index (χ0n) is 7.14. The molecule has 5 heteroatoms. The van der Waals surface area contributed by atoms with Crippen molar-refractivity contribution in [2.24, 2.45) is 0 Å². The predicted molar refractivity (Wildman–Crippen MR) is 52.7 cm³/mol. The van der Waals surface area contributed by atoms with Crippen molar-refractivity contribution >= 4 is 28.4 Å². The molecule has 1 aromatic carbocycles. The molecule has 0 amide bonds. The molecule has 2 aromatic rings. The number of carbonyl (C=O) groups excluding carboxylic acids is 1. The molecule has 0 aliphatic carbocycles. The number of aromatic nitrogens is 2. The minimum Gasteiger partial charge on any atom is -0.508 e. The molecule has 0 atom stereocenters. The van der Waals surface area contributed by atoms with Gasteiger partial charge in [0.15, 0.2) is 0 Å². The van der Waals surface area contributed by atoms with Gasteiger partial charge in [0.2, 0.25) is 0 Å². The van der Waals surface area contributed by atoms with E-state index >= 15 is 0 Å². The Morgan fingerprint density at radius 2 is 2.36 bits per heavy atom. The van der Waals surface area contributed by atoms with E-state index in [9.17, 15) is 9.90 Å². The molecule has 14 heavy (non-hydrogen) atoms. The summed E-state index contributed by atoms with van der Waals surface area (Å²) in [5.41, 5.74) is 0.565.